The van der Waals surface area contributed by atoms with Crippen molar-refractivity contribution in [3.63, 3.8) is 0 Å². The average molecular weight is 781 g/mol. The van der Waals surface area contributed by atoms with E-state index < -0.39 is 275 Å². The van der Waals surface area contributed by atoms with Crippen molar-refractivity contribution in [2.45, 2.75) is 0 Å². The van der Waals surface area contributed by atoms with Gasteiger partial charge >= 0.3 is 0 Å². The quantitative estimate of drug-likeness (QED) is 0.146. The molecule has 0 bridgehead atoms. The van der Waals surface area contributed by atoms with Crippen LogP contribution >= 0.6 is 0 Å². The van der Waals surface area contributed by atoms with Gasteiger partial charge in [0, 0.05) is 17.1 Å². The van der Waals surface area contributed by atoms with Gasteiger partial charge in [-0.25, -0.2) is 0 Å². The van der Waals surface area contributed by atoms with Gasteiger partial charge in [0.25, 0.3) is 0 Å². The van der Waals surface area contributed by atoms with E-state index in [1.54, 1.807) is 0 Å². The Kier molecular flexibility index (Phi) is 3.78. The summed E-state index contributed by atoms with van der Waals surface area (Å²) in [6.45, 7) is 0. The van der Waals surface area contributed by atoms with Crippen molar-refractivity contribution in [1.82, 2.24) is 0 Å². The summed E-state index contributed by atoms with van der Waals surface area (Å²) in [5.41, 5.74) is -4.79. The van der Waals surface area contributed by atoms with Crippen LogP contribution in [0, 0.1) is 0 Å². The number of benzene rings is 11. The molecule has 0 N–H and O–H groups in total. The van der Waals surface area contributed by atoms with Crippen molar-refractivity contribution in [2.75, 3.05) is 4.90 Å². The fraction of sp³-hybridized carbons (Fsp3) is 0. The van der Waals surface area contributed by atoms with Crippen molar-refractivity contribution >= 4 is 60.2 Å². The molecule has 1 nitrogen and oxygen atoms in total. The summed E-state index contributed by atoms with van der Waals surface area (Å²) in [4.78, 5) is 0.928. The summed E-state index contributed by atoms with van der Waals surface area (Å²) < 4.78 is 279. The third-order valence-corrected chi connectivity index (χ3v) is 9.55. The zero-order chi connectivity index (χ0) is 66.1. The minimum atomic E-state index is -0.896. The smallest absolute Gasteiger partial charge is 0.0645 e. The summed E-state index contributed by atoms with van der Waals surface area (Å²) in [5, 5.41) is -3.80. The van der Waals surface area contributed by atoms with Crippen LogP contribution in [0.3, 0.4) is 0 Å². The van der Waals surface area contributed by atoms with Crippen LogP contribution in [0.25, 0.3) is 87.6 Å². The molecule has 0 amide bonds. The minimum absolute atomic E-state index is 0.249. The molecule has 11 aromatic rings. The van der Waals surface area contributed by atoms with Gasteiger partial charge in [-0.2, -0.15) is 0 Å². The Hall–Kier alpha value is -7.74. The van der Waals surface area contributed by atoms with Gasteiger partial charge in [0.15, 0.2) is 0 Å². The Balaban J connectivity index is 1.29. The molecule has 0 spiro atoms. The maximum absolute atomic E-state index is 9.92. The molecular formula is C58H39N. The Morgan fingerprint density at radius 1 is 0.288 bits per heavy atom. The molecule has 0 saturated carbocycles. The number of nitrogens with zero attached hydrogens (tertiary/aromatic N) is 1. The highest BCUT2D eigenvalue weighted by molar-refractivity contribution is 6.15. The summed E-state index contributed by atoms with van der Waals surface area (Å²) in [6.07, 6.45) is 0. The maximum atomic E-state index is 9.92. The second-order valence-corrected chi connectivity index (χ2v) is 12.9. The van der Waals surface area contributed by atoms with Crippen molar-refractivity contribution in [1.29, 1.82) is 0 Å². The van der Waals surface area contributed by atoms with Gasteiger partial charge in [-0.05, 0) is 136 Å². The van der Waals surface area contributed by atoms with Gasteiger partial charge in [0.1, 0.15) is 0 Å². The first-order valence-corrected chi connectivity index (χ1v) is 17.8. The van der Waals surface area contributed by atoms with Gasteiger partial charge < -0.3 is 4.90 Å². The van der Waals surface area contributed by atoms with E-state index in [0.717, 1.165) is 47.4 Å². The summed E-state index contributed by atoms with van der Waals surface area (Å²) >= 11 is 0. The Bertz CT molecular complexity index is 4980. The van der Waals surface area contributed by atoms with Crippen LogP contribution in [0.2, 0.25) is 0 Å². The van der Waals surface area contributed by atoms with E-state index in [4.69, 9.17) is 31.5 Å². The first-order valence-electron chi connectivity index (χ1n) is 33.3. The summed E-state index contributed by atoms with van der Waals surface area (Å²) in [6, 6.07) is -15.1. The van der Waals surface area contributed by atoms with Crippen molar-refractivity contribution in [3.8, 4) is 44.5 Å². The molecule has 0 aliphatic carbocycles. The Morgan fingerprint density at radius 3 is 1.54 bits per heavy atom. The number of hydrogen-bond acceptors (Lipinski definition) is 1. The fourth-order valence-electron chi connectivity index (χ4n) is 6.90. The number of hydrogen-bond donors (Lipinski definition) is 0. The van der Waals surface area contributed by atoms with E-state index in [-0.39, 0.29) is 16.7 Å². The third-order valence-electron chi connectivity index (χ3n) is 9.55. The molecule has 0 unspecified atom stereocenters. The fourth-order valence-corrected chi connectivity index (χ4v) is 6.90. The lowest BCUT2D eigenvalue weighted by atomic mass is 9.92. The van der Waals surface area contributed by atoms with Crippen LogP contribution in [-0.2, 0) is 0 Å². The van der Waals surface area contributed by atoms with Crippen LogP contribution in [0.4, 0.5) is 17.1 Å². The molecule has 0 aromatic heterocycles. The predicted octanol–water partition coefficient (Wildman–Crippen LogP) is 16.4. The maximum Gasteiger partial charge on any atom is 0.0645 e. The second kappa shape index (κ2) is 14.6. The van der Waals surface area contributed by atoms with Crippen LogP contribution in [0.15, 0.2) is 236 Å². The monoisotopic (exact) mass is 781 g/mol. The third kappa shape index (κ3) is 6.21. The van der Waals surface area contributed by atoms with E-state index in [9.17, 15) is 11.0 Å². The van der Waals surface area contributed by atoms with Gasteiger partial charge in [0.2, 0.25) is 0 Å². The topological polar surface area (TPSA) is 3.24 Å². The molecule has 11 aromatic carbocycles. The lowest BCUT2D eigenvalue weighted by Gasteiger charge is -2.27. The molecule has 11 rings (SSSR count). The first kappa shape index (κ1) is 15.2. The SMILES string of the molecule is [2H]c1cc(N(c2ccc(-c3c([2H])c4c([2H])c([2H])c([2H])c([2H])c4c4c([2H])c([2H])c([2H])c([2H])c34)c([2H])c2[2H])c2cc(-c3ccc([2H])c([2H])c3[2H])c(-c3cc([2H])c([2H])c([2H])c3[2H])c([2H])c2[2H])c([2H])cc1-c1c([2H])c2c([2H])c([2H])c([2H])c([2H])c2c2c([2H])c([2H])c([2H])c([2H])c12. The molecule has 276 valence electrons. The van der Waals surface area contributed by atoms with Crippen LogP contribution in [0.5, 0.6) is 0 Å². The van der Waals surface area contributed by atoms with Crippen LogP contribution in [0.1, 0.15) is 42.5 Å². The highest BCUT2D eigenvalue weighted by Gasteiger charge is 2.18. The van der Waals surface area contributed by atoms with Crippen LogP contribution in [-0.4, -0.2) is 0 Å². The minimum Gasteiger partial charge on any atom is -0.310 e. The van der Waals surface area contributed by atoms with Crippen molar-refractivity contribution < 1.29 is 42.5 Å². The highest BCUT2D eigenvalue weighted by atomic mass is 15.1. The number of anilines is 3. The molecule has 0 saturated heterocycles. The average Bonchev–Trinajstić information content (AvgIpc) is 0.731. The predicted molar refractivity (Wildman–Crippen MR) is 253 cm³/mol. The van der Waals surface area contributed by atoms with Gasteiger partial charge in [-0.1, -0.05) is 187 Å². The van der Waals surface area contributed by atoms with E-state index in [1.165, 1.54) is 6.07 Å². The van der Waals surface area contributed by atoms with Gasteiger partial charge in [-0.15, -0.1) is 0 Å². The van der Waals surface area contributed by atoms with E-state index in [1.807, 2.05) is 0 Å². The molecule has 0 aliphatic heterocycles. The van der Waals surface area contributed by atoms with Gasteiger partial charge in [-0.3, -0.25) is 0 Å². The summed E-state index contributed by atoms with van der Waals surface area (Å²) in [5.74, 6) is 0. The first-order chi connectivity index (χ1) is 42.1. The molecule has 0 heterocycles. The molecule has 0 radical (unpaired) electrons. The molecule has 1 heteroatoms. The van der Waals surface area contributed by atoms with Crippen molar-refractivity contribution in [2.24, 2.45) is 0 Å². The Labute approximate surface area is 388 Å². The lowest BCUT2D eigenvalue weighted by molar-refractivity contribution is 1.28. The van der Waals surface area contributed by atoms with E-state index in [0.29, 0.717) is 0 Å². The normalized spacial score (nSPS) is 18.7. The Morgan fingerprint density at radius 2 is 0.831 bits per heavy atom. The molecule has 0 atom stereocenters. The second-order valence-electron chi connectivity index (χ2n) is 12.9. The zero-order valence-corrected chi connectivity index (χ0v) is 30.1. The highest BCUT2D eigenvalue weighted by Crippen LogP contribution is 2.43. The molecule has 59 heavy (non-hydrogen) atoms. The van der Waals surface area contributed by atoms with Crippen LogP contribution < -0.4 is 4.90 Å². The summed E-state index contributed by atoms with van der Waals surface area (Å²) in [7, 11) is 0. The van der Waals surface area contributed by atoms with Crippen molar-refractivity contribution in [3.05, 3.63) is 236 Å². The zero-order valence-electron chi connectivity index (χ0n) is 61.1. The molecule has 0 aliphatic rings. The molecular weight excluding hydrogens is 711 g/mol. The van der Waals surface area contributed by atoms with E-state index >= 15 is 0 Å². The molecule has 0 fully saturated rings. The lowest BCUT2D eigenvalue weighted by Crippen LogP contribution is -2.10. The van der Waals surface area contributed by atoms with E-state index in [2.05, 4.69) is 0 Å². The largest absolute Gasteiger partial charge is 0.310 e. The standard InChI is InChI=1S/C58H39N/c1-3-15-40(16-4-1)51-36-35-48(39-58(51)41-17-5-2-6-18-41)59(46-31-27-42(28-32-46)56-37-44-19-7-9-21-49(44)52-23-11-13-25-54(52)56)47-33-29-43(30-34-47)57-38-45-20-8-10-22-50(45)53-24-12-14-26-55(53)57/h1-39H/i1D,2D,3D,4D,5D,7D,8D,9D,10D,11D,12D,13D,14D,15D,17D,19D,20D,21D,22D,23D,24D,25D,26D,27D,29D,31D,34D,35D,36D,37D,38D. The number of fused-ring (bicyclic) bond motifs is 6. The number of rotatable bonds is 7. The van der Waals surface area contributed by atoms with Gasteiger partial charge in [0.05, 0.1) is 42.5 Å².